The van der Waals surface area contributed by atoms with Crippen LogP contribution in [-0.2, 0) is 11.2 Å². The number of fused-ring (bicyclic) bond motifs is 1. The molecule has 1 heterocycles. The molecule has 4 unspecified atom stereocenters. The molecule has 0 N–H and O–H groups in total. The van der Waals surface area contributed by atoms with E-state index in [0.717, 1.165) is 18.3 Å². The van der Waals surface area contributed by atoms with Gasteiger partial charge in [0.15, 0.2) is 11.6 Å². The maximum absolute atomic E-state index is 14.3. The van der Waals surface area contributed by atoms with Crippen LogP contribution in [0, 0.1) is 29.4 Å². The number of ether oxygens (including phenoxy) is 1. The van der Waals surface area contributed by atoms with Crippen LogP contribution in [0.15, 0.2) is 23.8 Å². The van der Waals surface area contributed by atoms with E-state index in [2.05, 4.69) is 13.0 Å². The van der Waals surface area contributed by atoms with Crippen LogP contribution in [0.2, 0.25) is 0 Å². The van der Waals surface area contributed by atoms with E-state index in [1.165, 1.54) is 32.1 Å². The normalized spacial score (nSPS) is 31.2. The number of aryl methyl sites for hydroxylation is 1. The first-order valence-corrected chi connectivity index (χ1v) is 9.46. The van der Waals surface area contributed by atoms with E-state index in [4.69, 9.17) is 4.74 Å². The Balaban J connectivity index is 1.39. The second-order valence-electron chi connectivity index (χ2n) is 7.68. The van der Waals surface area contributed by atoms with Crippen LogP contribution in [0.5, 0.6) is 0 Å². The van der Waals surface area contributed by atoms with E-state index in [1.54, 1.807) is 17.7 Å². The van der Waals surface area contributed by atoms with Crippen molar-refractivity contribution in [1.29, 1.82) is 0 Å². The van der Waals surface area contributed by atoms with E-state index in [0.29, 0.717) is 30.1 Å². The number of hydrogen-bond acceptors (Lipinski definition) is 1. The number of halogens is 2. The maximum atomic E-state index is 14.3. The summed E-state index contributed by atoms with van der Waals surface area (Å²) in [6.07, 6.45) is 10.0. The van der Waals surface area contributed by atoms with Crippen molar-refractivity contribution >= 4 is 0 Å². The van der Waals surface area contributed by atoms with Gasteiger partial charge in [-0.2, -0.15) is 0 Å². The summed E-state index contributed by atoms with van der Waals surface area (Å²) in [6.45, 7) is 2.75. The third kappa shape index (κ3) is 2.92. The summed E-state index contributed by atoms with van der Waals surface area (Å²) in [5.41, 5.74) is 2.57. The minimum atomic E-state index is -0.702. The van der Waals surface area contributed by atoms with Crippen molar-refractivity contribution in [3.8, 4) is 0 Å². The second kappa shape index (κ2) is 6.59. The van der Waals surface area contributed by atoms with E-state index in [-0.39, 0.29) is 6.10 Å². The van der Waals surface area contributed by atoms with Crippen LogP contribution in [0.25, 0.3) is 0 Å². The smallest absolute Gasteiger partial charge is 0.164 e. The fraction of sp³-hybridized carbons (Fsp3) is 0.619. The molecule has 1 saturated carbocycles. The van der Waals surface area contributed by atoms with Gasteiger partial charge in [-0.15, -0.1) is 0 Å². The summed E-state index contributed by atoms with van der Waals surface area (Å²) in [5.74, 6) is 0.819. The van der Waals surface area contributed by atoms with Crippen molar-refractivity contribution in [2.45, 2.75) is 58.0 Å². The number of benzene rings is 1. The number of rotatable bonds is 6. The summed E-state index contributed by atoms with van der Waals surface area (Å²) in [7, 11) is 0. The molecule has 3 heteroatoms. The van der Waals surface area contributed by atoms with Crippen LogP contribution in [0.3, 0.4) is 0 Å². The summed E-state index contributed by atoms with van der Waals surface area (Å²) >= 11 is 0. The Morgan fingerprint density at radius 1 is 1.12 bits per heavy atom. The quantitative estimate of drug-likeness (QED) is 0.478. The summed E-state index contributed by atoms with van der Waals surface area (Å²) in [5, 5.41) is 0. The molecule has 1 aromatic carbocycles. The molecule has 0 bridgehead atoms. The van der Waals surface area contributed by atoms with E-state index >= 15 is 0 Å². The third-order valence-electron chi connectivity index (χ3n) is 6.29. The first kappa shape index (κ1) is 16.3. The highest BCUT2D eigenvalue weighted by Gasteiger charge is 2.39. The molecular formula is C21H26F2O. The van der Waals surface area contributed by atoms with Crippen LogP contribution >= 0.6 is 0 Å². The molecule has 0 radical (unpaired) electrons. The van der Waals surface area contributed by atoms with Crippen molar-refractivity contribution < 1.29 is 13.5 Å². The lowest BCUT2D eigenvalue weighted by Gasteiger charge is -2.20. The SMILES string of the molecule is CCCC1=CCC2C(CCc3ccc(C4CO4)c(F)c3F)CCC12. The van der Waals surface area contributed by atoms with Crippen molar-refractivity contribution in [3.05, 3.63) is 46.5 Å². The molecule has 1 aromatic rings. The van der Waals surface area contributed by atoms with Gasteiger partial charge < -0.3 is 4.74 Å². The van der Waals surface area contributed by atoms with E-state index < -0.39 is 11.6 Å². The lowest BCUT2D eigenvalue weighted by molar-refractivity contribution is 0.338. The predicted octanol–water partition coefficient (Wildman–Crippen LogP) is 5.74. The summed E-state index contributed by atoms with van der Waals surface area (Å²) in [4.78, 5) is 0. The molecule has 2 fully saturated rings. The lowest BCUT2D eigenvalue weighted by Crippen LogP contribution is -2.13. The fourth-order valence-corrected chi connectivity index (χ4v) is 4.96. The van der Waals surface area contributed by atoms with Crippen LogP contribution in [-0.4, -0.2) is 6.61 Å². The molecule has 24 heavy (non-hydrogen) atoms. The van der Waals surface area contributed by atoms with E-state index in [1.807, 2.05) is 0 Å². The van der Waals surface area contributed by atoms with Gasteiger partial charge in [0.05, 0.1) is 6.61 Å². The van der Waals surface area contributed by atoms with Crippen molar-refractivity contribution in [2.75, 3.05) is 6.61 Å². The minimum Gasteiger partial charge on any atom is -0.368 e. The highest BCUT2D eigenvalue weighted by molar-refractivity contribution is 5.30. The second-order valence-corrected chi connectivity index (χ2v) is 7.68. The Morgan fingerprint density at radius 2 is 1.96 bits per heavy atom. The van der Waals surface area contributed by atoms with Gasteiger partial charge in [0, 0.05) is 5.56 Å². The van der Waals surface area contributed by atoms with Gasteiger partial charge in [0.2, 0.25) is 0 Å². The van der Waals surface area contributed by atoms with Gasteiger partial charge in [0.25, 0.3) is 0 Å². The maximum Gasteiger partial charge on any atom is 0.164 e. The van der Waals surface area contributed by atoms with Crippen LogP contribution < -0.4 is 0 Å². The van der Waals surface area contributed by atoms with Crippen molar-refractivity contribution in [3.63, 3.8) is 0 Å². The number of hydrogen-bond donors (Lipinski definition) is 0. The minimum absolute atomic E-state index is 0.231. The molecule has 3 aliphatic rings. The average Bonchev–Trinajstić information content (AvgIpc) is 3.22. The van der Waals surface area contributed by atoms with Gasteiger partial charge in [-0.25, -0.2) is 8.78 Å². The first-order valence-electron chi connectivity index (χ1n) is 9.46. The topological polar surface area (TPSA) is 12.5 Å². The summed E-state index contributed by atoms with van der Waals surface area (Å²) in [6, 6.07) is 3.47. The third-order valence-corrected chi connectivity index (χ3v) is 6.29. The average molecular weight is 332 g/mol. The van der Waals surface area contributed by atoms with Gasteiger partial charge in [-0.05, 0) is 61.8 Å². The number of allylic oxidation sites excluding steroid dienone is 2. The highest BCUT2D eigenvalue weighted by atomic mass is 19.2. The molecular weight excluding hydrogens is 306 g/mol. The van der Waals surface area contributed by atoms with E-state index in [9.17, 15) is 8.78 Å². The largest absolute Gasteiger partial charge is 0.368 e. The molecule has 130 valence electrons. The van der Waals surface area contributed by atoms with Crippen molar-refractivity contribution in [1.82, 2.24) is 0 Å². The summed E-state index contributed by atoms with van der Waals surface area (Å²) < 4.78 is 33.5. The molecule has 4 atom stereocenters. The molecule has 1 nitrogen and oxygen atoms in total. The standard InChI is InChI=1S/C21H26F2O/c1-2-3-13-6-9-17-14(7-10-16(13)17)4-5-15-8-11-18(19-12-24-19)21(23)20(15)22/h6,8,11,14,16-17,19H,2-5,7,9-10,12H2,1H3. The molecule has 4 rings (SSSR count). The molecule has 1 aliphatic heterocycles. The van der Waals surface area contributed by atoms with Gasteiger partial charge in [0.1, 0.15) is 6.10 Å². The lowest BCUT2D eigenvalue weighted by atomic mass is 9.85. The molecule has 0 amide bonds. The number of epoxide rings is 1. The highest BCUT2D eigenvalue weighted by Crippen LogP contribution is 2.50. The predicted molar refractivity (Wildman–Crippen MR) is 90.7 cm³/mol. The Morgan fingerprint density at radius 3 is 2.71 bits per heavy atom. The van der Waals surface area contributed by atoms with Gasteiger partial charge >= 0.3 is 0 Å². The fourth-order valence-electron chi connectivity index (χ4n) is 4.96. The van der Waals surface area contributed by atoms with Gasteiger partial charge in [-0.3, -0.25) is 0 Å². The van der Waals surface area contributed by atoms with Crippen LogP contribution in [0.1, 0.15) is 62.7 Å². The van der Waals surface area contributed by atoms with Crippen molar-refractivity contribution in [2.24, 2.45) is 17.8 Å². The molecule has 1 saturated heterocycles. The zero-order valence-electron chi connectivity index (χ0n) is 14.4. The van der Waals surface area contributed by atoms with Gasteiger partial charge in [-0.1, -0.05) is 37.1 Å². The Bertz CT molecular complexity index is 647. The Labute approximate surface area is 143 Å². The molecule has 2 aliphatic carbocycles. The Hall–Kier alpha value is -1.22. The van der Waals surface area contributed by atoms with Crippen LogP contribution in [0.4, 0.5) is 8.78 Å². The molecule has 0 aromatic heterocycles. The molecule has 0 spiro atoms. The zero-order chi connectivity index (χ0) is 16.7. The first-order chi connectivity index (χ1) is 11.7. The Kier molecular flexibility index (Phi) is 4.46. The zero-order valence-corrected chi connectivity index (χ0v) is 14.4. The monoisotopic (exact) mass is 332 g/mol.